The minimum Gasteiger partial charge on any atom is -0.462 e. The fourth-order valence-electron chi connectivity index (χ4n) is 9.90. The van der Waals surface area contributed by atoms with E-state index in [9.17, 15) is 14.4 Å². The van der Waals surface area contributed by atoms with Gasteiger partial charge in [-0.1, -0.05) is 324 Å². The summed E-state index contributed by atoms with van der Waals surface area (Å²) >= 11 is 0. The smallest absolute Gasteiger partial charge is 0.306 e. The van der Waals surface area contributed by atoms with Gasteiger partial charge in [0.1, 0.15) is 13.2 Å². The van der Waals surface area contributed by atoms with Crippen molar-refractivity contribution in [2.75, 3.05) is 13.2 Å². The van der Waals surface area contributed by atoms with Crippen molar-refractivity contribution in [2.45, 2.75) is 368 Å². The molecule has 6 heteroatoms. The third kappa shape index (κ3) is 55.7. The van der Waals surface area contributed by atoms with Crippen LogP contribution in [0.25, 0.3) is 0 Å². The number of hydrogen-bond donors (Lipinski definition) is 0. The average molecular weight is 990 g/mol. The Balaban J connectivity index is 4.26. The first-order valence-electron chi connectivity index (χ1n) is 31.8. The number of rotatable bonds is 58. The van der Waals surface area contributed by atoms with E-state index in [0.29, 0.717) is 19.3 Å². The molecule has 70 heavy (non-hydrogen) atoms. The molecule has 0 amide bonds. The molecule has 0 saturated heterocycles. The number of carbonyl (C=O) groups excluding carboxylic acids is 3. The van der Waals surface area contributed by atoms with Crippen LogP contribution in [-0.2, 0) is 28.6 Å². The maximum Gasteiger partial charge on any atom is 0.306 e. The first-order valence-corrected chi connectivity index (χ1v) is 31.8. The van der Waals surface area contributed by atoms with Crippen molar-refractivity contribution < 1.29 is 28.6 Å². The second-order valence-corrected chi connectivity index (χ2v) is 22.8. The van der Waals surface area contributed by atoms with Gasteiger partial charge in [0.05, 0.1) is 0 Å². The maximum absolute atomic E-state index is 12.9. The standard InChI is InChI=1S/C64H124O6/c1-6-8-9-10-11-12-13-14-15-16-17-18-22-25-28-34-39-44-49-54-62(65)68-57-61(70-64(67)56-51-46-41-36-31-30-33-38-43-48-53-60(5)7-2)58-69-63(66)55-50-45-40-35-29-26-23-20-19-21-24-27-32-37-42-47-52-59(3)4/h59-61H,6-58H2,1-5H3/t60?,61-/m0/s1. The molecule has 1 unspecified atom stereocenters. The Morgan fingerprint density at radius 1 is 0.300 bits per heavy atom. The Morgan fingerprint density at radius 3 is 0.814 bits per heavy atom. The van der Waals surface area contributed by atoms with Crippen molar-refractivity contribution in [2.24, 2.45) is 11.8 Å². The summed E-state index contributed by atoms with van der Waals surface area (Å²) in [7, 11) is 0. The Morgan fingerprint density at radius 2 is 0.543 bits per heavy atom. The van der Waals surface area contributed by atoms with Gasteiger partial charge in [0.25, 0.3) is 0 Å². The summed E-state index contributed by atoms with van der Waals surface area (Å²) in [5.74, 6) is 0.887. The highest BCUT2D eigenvalue weighted by molar-refractivity contribution is 5.71. The van der Waals surface area contributed by atoms with E-state index in [1.54, 1.807) is 0 Å². The van der Waals surface area contributed by atoms with E-state index >= 15 is 0 Å². The quantitative estimate of drug-likeness (QED) is 0.0343. The highest BCUT2D eigenvalue weighted by Crippen LogP contribution is 2.19. The molecule has 0 aromatic rings. The Kier molecular flexibility index (Phi) is 55.4. The van der Waals surface area contributed by atoms with Gasteiger partial charge in [-0.25, -0.2) is 0 Å². The van der Waals surface area contributed by atoms with Gasteiger partial charge in [-0.2, -0.15) is 0 Å². The molecule has 6 nitrogen and oxygen atoms in total. The number of carbonyl (C=O) groups is 3. The van der Waals surface area contributed by atoms with Crippen molar-refractivity contribution in [1.29, 1.82) is 0 Å². The lowest BCUT2D eigenvalue weighted by atomic mass is 9.99. The van der Waals surface area contributed by atoms with Crippen LogP contribution in [-0.4, -0.2) is 37.2 Å². The summed E-state index contributed by atoms with van der Waals surface area (Å²) < 4.78 is 17.0. The Bertz CT molecular complexity index is 1070. The van der Waals surface area contributed by atoms with E-state index in [4.69, 9.17) is 14.2 Å². The van der Waals surface area contributed by atoms with E-state index in [-0.39, 0.29) is 31.1 Å². The van der Waals surface area contributed by atoms with Crippen molar-refractivity contribution in [3.63, 3.8) is 0 Å². The van der Waals surface area contributed by atoms with Crippen molar-refractivity contribution >= 4 is 17.9 Å². The van der Waals surface area contributed by atoms with E-state index in [2.05, 4.69) is 34.6 Å². The molecule has 0 radical (unpaired) electrons. The molecule has 2 atom stereocenters. The predicted octanol–water partition coefficient (Wildman–Crippen LogP) is 21.2. The Hall–Kier alpha value is -1.59. The molecule has 0 rings (SSSR count). The summed E-state index contributed by atoms with van der Waals surface area (Å²) in [6.45, 7) is 11.5. The molecular formula is C64H124O6. The maximum atomic E-state index is 12.9. The van der Waals surface area contributed by atoms with Crippen LogP contribution in [0, 0.1) is 11.8 Å². The average Bonchev–Trinajstić information content (AvgIpc) is 3.35. The van der Waals surface area contributed by atoms with Gasteiger partial charge in [-0.3, -0.25) is 14.4 Å². The topological polar surface area (TPSA) is 78.9 Å². The van der Waals surface area contributed by atoms with Crippen molar-refractivity contribution in [1.82, 2.24) is 0 Å². The number of esters is 3. The number of hydrogen-bond acceptors (Lipinski definition) is 6. The molecule has 0 heterocycles. The van der Waals surface area contributed by atoms with Crippen LogP contribution >= 0.6 is 0 Å². The van der Waals surface area contributed by atoms with E-state index in [0.717, 1.165) is 69.6 Å². The van der Waals surface area contributed by atoms with Crippen LogP contribution in [0.5, 0.6) is 0 Å². The lowest BCUT2D eigenvalue weighted by molar-refractivity contribution is -0.167. The highest BCUT2D eigenvalue weighted by atomic mass is 16.6. The summed E-state index contributed by atoms with van der Waals surface area (Å²) in [4.78, 5) is 38.3. The van der Waals surface area contributed by atoms with Gasteiger partial charge < -0.3 is 14.2 Å². The minimum atomic E-state index is -0.764. The van der Waals surface area contributed by atoms with Crippen molar-refractivity contribution in [3.8, 4) is 0 Å². The largest absolute Gasteiger partial charge is 0.462 e. The van der Waals surface area contributed by atoms with E-state index in [1.165, 1.54) is 250 Å². The lowest BCUT2D eigenvalue weighted by Crippen LogP contribution is -2.30. The van der Waals surface area contributed by atoms with Gasteiger partial charge in [0.2, 0.25) is 0 Å². The van der Waals surface area contributed by atoms with Gasteiger partial charge in [0, 0.05) is 19.3 Å². The third-order valence-electron chi connectivity index (χ3n) is 15.1. The zero-order valence-corrected chi connectivity index (χ0v) is 48.2. The monoisotopic (exact) mass is 989 g/mol. The summed E-state index contributed by atoms with van der Waals surface area (Å²) in [5, 5.41) is 0. The molecule has 0 saturated carbocycles. The van der Waals surface area contributed by atoms with Gasteiger partial charge in [-0.05, 0) is 31.1 Å². The third-order valence-corrected chi connectivity index (χ3v) is 15.1. The molecule has 0 aromatic carbocycles. The fourth-order valence-corrected chi connectivity index (χ4v) is 9.90. The first-order chi connectivity index (χ1) is 34.3. The highest BCUT2D eigenvalue weighted by Gasteiger charge is 2.19. The molecule has 0 aliphatic heterocycles. The molecular weight excluding hydrogens is 865 g/mol. The molecule has 0 spiro atoms. The Labute approximate surface area is 438 Å². The fraction of sp³-hybridized carbons (Fsp3) is 0.953. The van der Waals surface area contributed by atoms with E-state index in [1.807, 2.05) is 0 Å². The first kappa shape index (κ1) is 68.4. The summed E-state index contributed by atoms with van der Waals surface area (Å²) in [6, 6.07) is 0. The van der Waals surface area contributed by atoms with Crippen LogP contribution in [0.15, 0.2) is 0 Å². The van der Waals surface area contributed by atoms with Gasteiger partial charge >= 0.3 is 17.9 Å². The van der Waals surface area contributed by atoms with Gasteiger partial charge in [0.15, 0.2) is 6.10 Å². The van der Waals surface area contributed by atoms with Crippen LogP contribution in [0.3, 0.4) is 0 Å². The van der Waals surface area contributed by atoms with Crippen LogP contribution in [0.4, 0.5) is 0 Å². The molecule has 0 aromatic heterocycles. The molecule has 0 bridgehead atoms. The molecule has 0 fully saturated rings. The normalized spacial score (nSPS) is 12.4. The van der Waals surface area contributed by atoms with Gasteiger partial charge in [-0.15, -0.1) is 0 Å². The molecule has 0 aliphatic carbocycles. The lowest BCUT2D eigenvalue weighted by Gasteiger charge is -2.18. The number of ether oxygens (including phenoxy) is 3. The second kappa shape index (κ2) is 56.7. The zero-order valence-electron chi connectivity index (χ0n) is 48.2. The number of unbranched alkanes of at least 4 members (excludes halogenated alkanes) is 42. The van der Waals surface area contributed by atoms with Crippen LogP contribution < -0.4 is 0 Å². The summed E-state index contributed by atoms with van der Waals surface area (Å²) in [6.07, 6.45) is 62.4. The second-order valence-electron chi connectivity index (χ2n) is 22.8. The van der Waals surface area contributed by atoms with Crippen LogP contribution in [0.1, 0.15) is 362 Å². The zero-order chi connectivity index (χ0) is 51.1. The minimum absolute atomic E-state index is 0.0622. The molecule has 416 valence electrons. The summed E-state index contributed by atoms with van der Waals surface area (Å²) in [5.41, 5.74) is 0. The van der Waals surface area contributed by atoms with E-state index < -0.39 is 6.10 Å². The molecule has 0 N–H and O–H groups in total. The van der Waals surface area contributed by atoms with Crippen LogP contribution in [0.2, 0.25) is 0 Å². The predicted molar refractivity (Wildman–Crippen MR) is 303 cm³/mol. The van der Waals surface area contributed by atoms with Crippen molar-refractivity contribution in [3.05, 3.63) is 0 Å². The molecule has 0 aliphatic rings. The SMILES string of the molecule is CCCCCCCCCCCCCCCCCCCCCC(=O)OC[C@@H](COC(=O)CCCCCCCCCCCCCCCCCCC(C)C)OC(=O)CCCCCCCCCCCCC(C)CC.